The van der Waals surface area contributed by atoms with Crippen molar-refractivity contribution in [2.24, 2.45) is 0 Å². The summed E-state index contributed by atoms with van der Waals surface area (Å²) in [7, 11) is 0. The zero-order valence-corrected chi connectivity index (χ0v) is 63.3. The Labute approximate surface area is 642 Å². The van der Waals surface area contributed by atoms with Gasteiger partial charge in [0, 0.05) is 77.7 Å². The van der Waals surface area contributed by atoms with Gasteiger partial charge in [0.1, 0.15) is 0 Å². The maximum absolute atomic E-state index is 5.08. The third-order valence-electron chi connectivity index (χ3n) is 22.6. The number of aromatic nitrogens is 3. The molecule has 15 aromatic carbocycles. The van der Waals surface area contributed by atoms with Gasteiger partial charge < -0.3 is 9.80 Å². The Morgan fingerprint density at radius 2 is 0.440 bits per heavy atom. The molecule has 0 amide bonds. The number of fused-ring (bicyclic) bond motifs is 2. The van der Waals surface area contributed by atoms with E-state index in [1.807, 2.05) is 0 Å². The van der Waals surface area contributed by atoms with Gasteiger partial charge in [-0.1, -0.05) is 371 Å². The summed E-state index contributed by atoms with van der Waals surface area (Å²) >= 11 is 0. The Hall–Kier alpha value is -13.0. The highest BCUT2D eigenvalue weighted by molar-refractivity contribution is 6.08. The van der Waals surface area contributed by atoms with Crippen LogP contribution in [0.3, 0.4) is 0 Å². The molecular weight excluding hydrogens is 1320 g/mol. The molecule has 0 N–H and O–H groups in total. The van der Waals surface area contributed by atoms with Gasteiger partial charge in [-0.05, 0) is 156 Å². The second-order valence-corrected chi connectivity index (χ2v) is 30.8. The van der Waals surface area contributed by atoms with Crippen LogP contribution in [0.1, 0.15) is 122 Å². The van der Waals surface area contributed by atoms with E-state index in [1.165, 1.54) is 44.5 Å². The molecule has 0 aliphatic carbocycles. The molecule has 1 aromatic heterocycles. The van der Waals surface area contributed by atoms with E-state index in [0.717, 1.165) is 106 Å². The van der Waals surface area contributed by atoms with Gasteiger partial charge in [-0.3, -0.25) is 4.57 Å². The third kappa shape index (κ3) is 14.3. The van der Waals surface area contributed by atoms with E-state index in [1.54, 1.807) is 0 Å². The van der Waals surface area contributed by atoms with Crippen LogP contribution in [-0.4, -0.2) is 14.8 Å². The molecule has 0 atom stereocenters. The van der Waals surface area contributed by atoms with Crippen LogP contribution in [0, 0.1) is 0 Å². The largest absolute Gasteiger partial charge is 0.311 e. The van der Waals surface area contributed by atoms with Crippen LogP contribution in [0.15, 0.2) is 370 Å². The molecular formula is C104H89N5. The molecule has 0 saturated heterocycles. The minimum absolute atomic E-state index is 0.160. The molecule has 1 heterocycles. The summed E-state index contributed by atoms with van der Waals surface area (Å²) in [5.74, 6) is 1.52. The van der Waals surface area contributed by atoms with Crippen LogP contribution >= 0.6 is 0 Å². The van der Waals surface area contributed by atoms with Crippen LogP contribution in [0.5, 0.6) is 0 Å². The average molecular weight is 1410 g/mol. The number of hydrogen-bond acceptors (Lipinski definition) is 4. The van der Waals surface area contributed by atoms with Gasteiger partial charge in [0.15, 0.2) is 11.6 Å². The first-order valence-corrected chi connectivity index (χ1v) is 37.9. The van der Waals surface area contributed by atoms with Gasteiger partial charge in [0.05, 0.1) is 5.69 Å². The number of anilines is 6. The summed E-state index contributed by atoms with van der Waals surface area (Å²) in [6.07, 6.45) is 8.76. The molecule has 0 unspecified atom stereocenters. The van der Waals surface area contributed by atoms with Crippen molar-refractivity contribution in [2.75, 3.05) is 9.80 Å². The van der Waals surface area contributed by atoms with Crippen molar-refractivity contribution in [3.05, 3.63) is 437 Å². The molecule has 16 rings (SSSR count). The highest BCUT2D eigenvalue weighted by Gasteiger charge is 2.29. The number of hydrogen-bond donors (Lipinski definition) is 0. The average Bonchev–Trinajstić information content (AvgIpc) is 1.70. The zero-order valence-electron chi connectivity index (χ0n) is 63.3. The van der Waals surface area contributed by atoms with Crippen LogP contribution in [0.25, 0.3) is 74.3 Å². The molecule has 5 nitrogen and oxygen atoms in total. The predicted octanol–water partition coefficient (Wildman–Crippen LogP) is 27.5. The van der Waals surface area contributed by atoms with Crippen LogP contribution < -0.4 is 9.80 Å². The monoisotopic (exact) mass is 1410 g/mol. The van der Waals surface area contributed by atoms with Gasteiger partial charge in [0.25, 0.3) is 0 Å². The van der Waals surface area contributed by atoms with Gasteiger partial charge in [-0.2, -0.15) is 0 Å². The van der Waals surface area contributed by atoms with Crippen LogP contribution in [0.2, 0.25) is 0 Å². The molecule has 0 aliphatic rings. The SMILES string of the molecule is CC(C)(c1ccccc1)c1ccc(N(c2ccc(/C=C/c3ccc(-c4nnc(-c5ccc(/C=C/c6ccc(N(c7ccc(C(C)(C)c8ccccc8)cc7)c7ccc(C(C)(C)c8ccccc8)cc7)cc6)cc5)n4-c4c5ccccc5cc5ccccc45)cc3)cc2)c2ccc(C(C)(C)c3ccccc3)cc2)cc1. The molecule has 0 aliphatic heterocycles. The van der Waals surface area contributed by atoms with Gasteiger partial charge in [-0.25, -0.2) is 0 Å². The topological polar surface area (TPSA) is 37.2 Å². The molecule has 5 heteroatoms. The van der Waals surface area contributed by atoms with Crippen molar-refractivity contribution in [1.29, 1.82) is 0 Å². The van der Waals surface area contributed by atoms with Gasteiger partial charge in [0.2, 0.25) is 0 Å². The second-order valence-electron chi connectivity index (χ2n) is 30.8. The van der Waals surface area contributed by atoms with Crippen molar-refractivity contribution in [1.82, 2.24) is 14.8 Å². The Morgan fingerprint density at radius 3 is 0.697 bits per heavy atom. The van der Waals surface area contributed by atoms with Gasteiger partial charge in [-0.15, -0.1) is 10.2 Å². The minimum atomic E-state index is -0.160. The van der Waals surface area contributed by atoms with E-state index >= 15 is 0 Å². The summed E-state index contributed by atoms with van der Waals surface area (Å²) in [6.45, 7) is 18.4. The quantitative estimate of drug-likeness (QED) is 0.0531. The summed E-state index contributed by atoms with van der Waals surface area (Å²) in [6, 6.07) is 134. The Morgan fingerprint density at radius 1 is 0.229 bits per heavy atom. The Kier molecular flexibility index (Phi) is 19.2. The van der Waals surface area contributed by atoms with E-state index in [9.17, 15) is 0 Å². The standard InChI is InChI=1S/C104H89N5/c1-101(2,82-27-13-9-14-28-82)86-53-65-92(66-54-86)107(93-67-55-87(56-68-93)102(3,4)83-29-15-10-16-30-83)90-61-45-76(46-62-90)39-37-74-41-49-78(50-42-74)99-105-106-100(109(99)98-96-35-23-21-25-80(96)73-81-26-22-24-36-97(81)98)79-51-43-75(44-52-79)38-40-77-47-63-91(64-48-77)108(94-69-57-88(58-70-94)103(5,6)84-31-17-11-18-32-84)95-71-59-89(60-72-95)104(7,8)85-33-19-12-20-34-85/h9-73H,1-8H3/b39-37+,40-38+. The van der Waals surface area contributed by atoms with Crippen molar-refractivity contribution < 1.29 is 0 Å². The normalized spacial score (nSPS) is 12.1. The first-order chi connectivity index (χ1) is 53.0. The van der Waals surface area contributed by atoms with Crippen molar-refractivity contribution in [3.8, 4) is 28.5 Å². The highest BCUT2D eigenvalue weighted by atomic mass is 15.3. The molecule has 530 valence electrons. The second kappa shape index (κ2) is 29.8. The van der Waals surface area contributed by atoms with Crippen molar-refractivity contribution in [2.45, 2.75) is 77.0 Å². The minimum Gasteiger partial charge on any atom is -0.311 e. The lowest BCUT2D eigenvalue weighted by Crippen LogP contribution is -2.19. The molecule has 0 saturated carbocycles. The smallest absolute Gasteiger partial charge is 0.168 e. The fourth-order valence-electron chi connectivity index (χ4n) is 15.5. The highest BCUT2D eigenvalue weighted by Crippen LogP contribution is 2.44. The van der Waals surface area contributed by atoms with E-state index in [0.29, 0.717) is 0 Å². The number of rotatable bonds is 21. The number of nitrogens with zero attached hydrogens (tertiary/aromatic N) is 5. The number of benzene rings is 15. The molecule has 0 bridgehead atoms. The van der Waals surface area contributed by atoms with E-state index < -0.39 is 0 Å². The molecule has 0 radical (unpaired) electrons. The van der Waals surface area contributed by atoms with Crippen LogP contribution in [0.4, 0.5) is 34.1 Å². The Bertz CT molecular complexity index is 5310. The lowest BCUT2D eigenvalue weighted by Gasteiger charge is -2.30. The summed E-state index contributed by atoms with van der Waals surface area (Å²) in [4.78, 5) is 4.72. The molecule has 16 aromatic rings. The summed E-state index contributed by atoms with van der Waals surface area (Å²) in [5.41, 5.74) is 23.4. The fraction of sp³-hybridized carbons (Fsp3) is 0.115. The van der Waals surface area contributed by atoms with Crippen molar-refractivity contribution >= 4 is 80.0 Å². The van der Waals surface area contributed by atoms with E-state index in [4.69, 9.17) is 10.2 Å². The van der Waals surface area contributed by atoms with Crippen LogP contribution in [-0.2, 0) is 21.7 Å². The predicted molar refractivity (Wildman–Crippen MR) is 462 cm³/mol. The third-order valence-corrected chi connectivity index (χ3v) is 22.6. The maximum Gasteiger partial charge on any atom is 0.168 e. The summed E-state index contributed by atoms with van der Waals surface area (Å²) < 4.78 is 2.27. The Balaban J connectivity index is 0.671. The molecule has 109 heavy (non-hydrogen) atoms. The fourth-order valence-corrected chi connectivity index (χ4v) is 15.5. The zero-order chi connectivity index (χ0) is 74.7. The van der Waals surface area contributed by atoms with E-state index in [-0.39, 0.29) is 21.7 Å². The maximum atomic E-state index is 5.08. The molecule has 0 fully saturated rings. The first kappa shape index (κ1) is 70.4. The molecule has 0 spiro atoms. The van der Waals surface area contributed by atoms with E-state index in [2.05, 4.69) is 464 Å². The summed E-state index contributed by atoms with van der Waals surface area (Å²) in [5, 5.41) is 14.7. The van der Waals surface area contributed by atoms with Gasteiger partial charge >= 0.3 is 0 Å². The first-order valence-electron chi connectivity index (χ1n) is 37.9. The van der Waals surface area contributed by atoms with Crippen molar-refractivity contribution in [3.63, 3.8) is 0 Å². The lowest BCUT2D eigenvalue weighted by atomic mass is 9.78. The lowest BCUT2D eigenvalue weighted by molar-refractivity contribution is 0.640.